The van der Waals surface area contributed by atoms with Gasteiger partial charge in [-0.2, -0.15) is 0 Å². The zero-order chi connectivity index (χ0) is 11.6. The van der Waals surface area contributed by atoms with Crippen molar-refractivity contribution in [3.05, 3.63) is 23.8 Å². The number of aromatic hydroxyl groups is 2. The van der Waals surface area contributed by atoms with Crippen LogP contribution in [0, 0.1) is 0 Å². The van der Waals surface area contributed by atoms with Gasteiger partial charge < -0.3 is 14.9 Å². The van der Waals surface area contributed by atoms with Crippen molar-refractivity contribution < 1.29 is 19.7 Å². The van der Waals surface area contributed by atoms with Gasteiger partial charge in [-0.15, -0.1) is 0 Å². The first-order chi connectivity index (χ1) is 6.78. The SMILES string of the molecule is CC(C)(C)OC(=O)c1cc(O)cc(O)c1. The van der Waals surface area contributed by atoms with E-state index in [1.165, 1.54) is 12.1 Å². The molecule has 0 radical (unpaired) electrons. The molecule has 2 N–H and O–H groups in total. The van der Waals surface area contributed by atoms with E-state index >= 15 is 0 Å². The summed E-state index contributed by atoms with van der Waals surface area (Å²) in [6.07, 6.45) is 0. The van der Waals surface area contributed by atoms with Crippen molar-refractivity contribution in [1.82, 2.24) is 0 Å². The minimum absolute atomic E-state index is 0.127. The fourth-order valence-corrected chi connectivity index (χ4v) is 1.05. The van der Waals surface area contributed by atoms with Crippen LogP contribution in [0.5, 0.6) is 11.5 Å². The molecular weight excluding hydrogens is 196 g/mol. The summed E-state index contributed by atoms with van der Waals surface area (Å²) in [6, 6.07) is 3.63. The summed E-state index contributed by atoms with van der Waals surface area (Å²) in [5.41, 5.74) is -0.472. The molecule has 0 spiro atoms. The second kappa shape index (κ2) is 3.81. The Hall–Kier alpha value is -1.71. The number of rotatable bonds is 1. The number of benzene rings is 1. The smallest absolute Gasteiger partial charge is 0.338 e. The Morgan fingerprint density at radius 3 is 2.00 bits per heavy atom. The van der Waals surface area contributed by atoms with E-state index in [9.17, 15) is 15.0 Å². The van der Waals surface area contributed by atoms with Crippen LogP contribution in [0.3, 0.4) is 0 Å². The summed E-state index contributed by atoms with van der Waals surface area (Å²) in [4.78, 5) is 11.5. The molecule has 0 amide bonds. The van der Waals surface area contributed by atoms with Crippen LogP contribution in [0.25, 0.3) is 0 Å². The average Bonchev–Trinajstić information content (AvgIpc) is 1.98. The second-order valence-corrected chi connectivity index (χ2v) is 4.24. The lowest BCUT2D eigenvalue weighted by molar-refractivity contribution is 0.00687. The zero-order valence-electron chi connectivity index (χ0n) is 8.94. The van der Waals surface area contributed by atoms with Crippen LogP contribution in [0.4, 0.5) is 0 Å². The Labute approximate surface area is 88.1 Å². The molecule has 4 heteroatoms. The summed E-state index contributed by atoms with van der Waals surface area (Å²) < 4.78 is 5.07. The Bertz CT molecular complexity index is 356. The molecule has 4 nitrogen and oxygen atoms in total. The number of phenols is 2. The van der Waals surface area contributed by atoms with Gasteiger partial charge in [0.2, 0.25) is 0 Å². The molecule has 0 saturated carbocycles. The lowest BCUT2D eigenvalue weighted by Crippen LogP contribution is -2.23. The van der Waals surface area contributed by atoms with Crippen LogP contribution in [0.15, 0.2) is 18.2 Å². The third kappa shape index (κ3) is 3.50. The van der Waals surface area contributed by atoms with Gasteiger partial charge in [-0.1, -0.05) is 0 Å². The van der Waals surface area contributed by atoms with Crippen LogP contribution < -0.4 is 0 Å². The molecule has 0 heterocycles. The minimum atomic E-state index is -0.599. The van der Waals surface area contributed by atoms with Crippen molar-refractivity contribution in [2.75, 3.05) is 0 Å². The molecule has 0 bridgehead atoms. The molecule has 1 aromatic rings. The molecule has 0 unspecified atom stereocenters. The first kappa shape index (κ1) is 11.4. The molecule has 1 rings (SSSR count). The average molecular weight is 210 g/mol. The fourth-order valence-electron chi connectivity index (χ4n) is 1.05. The summed E-state index contributed by atoms with van der Waals surface area (Å²) in [5.74, 6) is -0.916. The number of phenolic OH excluding ortho intramolecular Hbond substituents is 2. The van der Waals surface area contributed by atoms with Gasteiger partial charge in [-0.3, -0.25) is 0 Å². The monoisotopic (exact) mass is 210 g/mol. The molecule has 0 aromatic heterocycles. The van der Waals surface area contributed by atoms with E-state index in [-0.39, 0.29) is 17.1 Å². The molecule has 82 valence electrons. The first-order valence-corrected chi connectivity index (χ1v) is 4.54. The van der Waals surface area contributed by atoms with E-state index in [4.69, 9.17) is 4.74 Å². The molecule has 0 atom stereocenters. The van der Waals surface area contributed by atoms with Gasteiger partial charge in [0.25, 0.3) is 0 Å². The third-order valence-electron chi connectivity index (χ3n) is 1.54. The number of carbonyl (C=O) groups is 1. The van der Waals surface area contributed by atoms with E-state index in [1.807, 2.05) is 0 Å². The Balaban J connectivity index is 2.92. The molecule has 15 heavy (non-hydrogen) atoms. The molecular formula is C11H14O4. The van der Waals surface area contributed by atoms with Gasteiger partial charge in [0.1, 0.15) is 17.1 Å². The molecule has 0 aliphatic rings. The van der Waals surface area contributed by atoms with Crippen LogP contribution in [-0.2, 0) is 4.74 Å². The fraction of sp³-hybridized carbons (Fsp3) is 0.364. The van der Waals surface area contributed by atoms with E-state index < -0.39 is 11.6 Å². The Kier molecular flexibility index (Phi) is 2.88. The topological polar surface area (TPSA) is 66.8 Å². The number of carbonyl (C=O) groups excluding carboxylic acids is 1. The number of esters is 1. The summed E-state index contributed by atoms with van der Waals surface area (Å²) in [5, 5.41) is 18.3. The zero-order valence-corrected chi connectivity index (χ0v) is 8.94. The van der Waals surface area contributed by atoms with Crippen LogP contribution in [-0.4, -0.2) is 21.8 Å². The maximum Gasteiger partial charge on any atom is 0.338 e. The summed E-state index contributed by atoms with van der Waals surface area (Å²) in [6.45, 7) is 5.23. The third-order valence-corrected chi connectivity index (χ3v) is 1.54. The number of ether oxygens (including phenoxy) is 1. The normalized spacial score (nSPS) is 11.1. The molecule has 0 aliphatic carbocycles. The van der Waals surface area contributed by atoms with Gasteiger partial charge in [0.05, 0.1) is 5.56 Å². The van der Waals surface area contributed by atoms with Gasteiger partial charge in [0.15, 0.2) is 0 Å². The second-order valence-electron chi connectivity index (χ2n) is 4.24. The van der Waals surface area contributed by atoms with Crippen LogP contribution >= 0.6 is 0 Å². The molecule has 0 aliphatic heterocycles. The van der Waals surface area contributed by atoms with Gasteiger partial charge >= 0.3 is 5.97 Å². The lowest BCUT2D eigenvalue weighted by atomic mass is 10.1. The predicted octanol–water partition coefficient (Wildman–Crippen LogP) is 2.05. The van der Waals surface area contributed by atoms with Gasteiger partial charge in [-0.25, -0.2) is 4.79 Å². The maximum atomic E-state index is 11.5. The van der Waals surface area contributed by atoms with Crippen molar-refractivity contribution in [1.29, 1.82) is 0 Å². The predicted molar refractivity (Wildman–Crippen MR) is 54.9 cm³/mol. The molecule has 0 fully saturated rings. The summed E-state index contributed by atoms with van der Waals surface area (Å²) >= 11 is 0. The van der Waals surface area contributed by atoms with E-state index in [0.717, 1.165) is 6.07 Å². The highest BCUT2D eigenvalue weighted by atomic mass is 16.6. The van der Waals surface area contributed by atoms with Gasteiger partial charge in [-0.05, 0) is 32.9 Å². The van der Waals surface area contributed by atoms with Crippen molar-refractivity contribution in [2.45, 2.75) is 26.4 Å². The summed E-state index contributed by atoms with van der Waals surface area (Å²) in [7, 11) is 0. The highest BCUT2D eigenvalue weighted by Crippen LogP contribution is 2.22. The van der Waals surface area contributed by atoms with Gasteiger partial charge in [0, 0.05) is 6.07 Å². The Morgan fingerprint density at radius 2 is 1.60 bits per heavy atom. The largest absolute Gasteiger partial charge is 0.508 e. The number of hydrogen-bond donors (Lipinski definition) is 2. The van der Waals surface area contributed by atoms with Crippen LogP contribution in [0.2, 0.25) is 0 Å². The van der Waals surface area contributed by atoms with E-state index in [1.54, 1.807) is 20.8 Å². The lowest BCUT2D eigenvalue weighted by Gasteiger charge is -2.19. The van der Waals surface area contributed by atoms with Crippen molar-refractivity contribution >= 4 is 5.97 Å². The van der Waals surface area contributed by atoms with Crippen LogP contribution in [0.1, 0.15) is 31.1 Å². The highest BCUT2D eigenvalue weighted by Gasteiger charge is 2.18. The van der Waals surface area contributed by atoms with Crippen molar-refractivity contribution in [3.63, 3.8) is 0 Å². The van der Waals surface area contributed by atoms with Crippen molar-refractivity contribution in [2.24, 2.45) is 0 Å². The highest BCUT2D eigenvalue weighted by molar-refractivity contribution is 5.90. The Morgan fingerprint density at radius 1 is 1.13 bits per heavy atom. The number of hydrogen-bond acceptors (Lipinski definition) is 4. The minimum Gasteiger partial charge on any atom is -0.508 e. The van der Waals surface area contributed by atoms with E-state index in [0.29, 0.717) is 0 Å². The molecule has 0 saturated heterocycles. The first-order valence-electron chi connectivity index (χ1n) is 4.54. The van der Waals surface area contributed by atoms with Crippen molar-refractivity contribution in [3.8, 4) is 11.5 Å². The molecule has 1 aromatic carbocycles. The standard InChI is InChI=1S/C11H14O4/c1-11(2,3)15-10(14)7-4-8(12)6-9(13)5-7/h4-6,12-13H,1-3H3. The maximum absolute atomic E-state index is 11.5. The quantitative estimate of drug-likeness (QED) is 0.696. The van der Waals surface area contributed by atoms with E-state index in [2.05, 4.69) is 0 Å².